The van der Waals surface area contributed by atoms with Crippen LogP contribution in [0.15, 0.2) is 24.3 Å². The lowest BCUT2D eigenvalue weighted by Crippen LogP contribution is -2.42. The molecule has 1 amide bonds. The standard InChI is InChI=1S/C26H39N5O/c1-26(2,3)22-12-10-20(11-13-22)14-15-27-24(32)19-30-16-7-8-21(18-30)25-29-28-23-9-5-4-6-17-31(23)25/h10-13,21H,4-9,14-19H2,1-3H3,(H,27,32). The summed E-state index contributed by atoms with van der Waals surface area (Å²) in [6, 6.07) is 8.78. The van der Waals surface area contributed by atoms with Crippen LogP contribution in [-0.4, -0.2) is 51.8 Å². The van der Waals surface area contributed by atoms with E-state index in [2.05, 4.69) is 70.0 Å². The van der Waals surface area contributed by atoms with Gasteiger partial charge in [-0.1, -0.05) is 51.5 Å². The molecule has 32 heavy (non-hydrogen) atoms. The minimum absolute atomic E-state index is 0.122. The van der Waals surface area contributed by atoms with E-state index in [9.17, 15) is 4.79 Å². The molecule has 1 aromatic carbocycles. The summed E-state index contributed by atoms with van der Waals surface area (Å²) in [6.07, 6.45) is 7.88. The number of nitrogens with zero attached hydrogens (tertiary/aromatic N) is 4. The Morgan fingerprint density at radius 2 is 1.88 bits per heavy atom. The Morgan fingerprint density at radius 1 is 1.06 bits per heavy atom. The number of fused-ring (bicyclic) bond motifs is 1. The Labute approximate surface area is 192 Å². The molecule has 2 aliphatic heterocycles. The number of amides is 1. The third-order valence-corrected chi connectivity index (χ3v) is 6.93. The summed E-state index contributed by atoms with van der Waals surface area (Å²) >= 11 is 0. The molecular formula is C26H39N5O. The van der Waals surface area contributed by atoms with Gasteiger partial charge in [-0.3, -0.25) is 9.69 Å². The highest BCUT2D eigenvalue weighted by Gasteiger charge is 2.28. The minimum Gasteiger partial charge on any atom is -0.355 e. The summed E-state index contributed by atoms with van der Waals surface area (Å²) in [4.78, 5) is 14.9. The molecule has 1 aromatic heterocycles. The highest BCUT2D eigenvalue weighted by molar-refractivity contribution is 5.78. The zero-order valence-electron chi connectivity index (χ0n) is 20.1. The van der Waals surface area contributed by atoms with E-state index in [1.165, 1.54) is 30.4 Å². The van der Waals surface area contributed by atoms with E-state index >= 15 is 0 Å². The van der Waals surface area contributed by atoms with Crippen molar-refractivity contribution >= 4 is 5.91 Å². The minimum atomic E-state index is 0.122. The zero-order valence-corrected chi connectivity index (χ0v) is 20.1. The van der Waals surface area contributed by atoms with E-state index in [-0.39, 0.29) is 11.3 Å². The normalized spacial score (nSPS) is 19.9. The quantitative estimate of drug-likeness (QED) is 0.746. The number of piperidine rings is 1. The van der Waals surface area contributed by atoms with Gasteiger partial charge in [-0.05, 0) is 55.2 Å². The van der Waals surface area contributed by atoms with E-state index in [0.29, 0.717) is 19.0 Å². The van der Waals surface area contributed by atoms with Crippen LogP contribution in [0.5, 0.6) is 0 Å². The number of likely N-dealkylation sites (tertiary alicyclic amines) is 1. The molecule has 1 saturated heterocycles. The van der Waals surface area contributed by atoms with Crippen LogP contribution in [-0.2, 0) is 29.6 Å². The Kier molecular flexibility index (Phi) is 7.29. The van der Waals surface area contributed by atoms with Gasteiger partial charge in [0.1, 0.15) is 11.6 Å². The number of hydrogen-bond donors (Lipinski definition) is 1. The van der Waals surface area contributed by atoms with Crippen LogP contribution in [0.2, 0.25) is 0 Å². The van der Waals surface area contributed by atoms with Gasteiger partial charge in [0.25, 0.3) is 0 Å². The fourth-order valence-corrected chi connectivity index (χ4v) is 5.00. The summed E-state index contributed by atoms with van der Waals surface area (Å²) in [6.45, 7) is 10.8. The number of nitrogens with one attached hydrogen (secondary N) is 1. The first-order valence-electron chi connectivity index (χ1n) is 12.4. The molecule has 1 atom stereocenters. The SMILES string of the molecule is CC(C)(C)c1ccc(CCNC(=O)CN2CCCC(c3nnc4n3CCCCC4)C2)cc1. The van der Waals surface area contributed by atoms with Gasteiger partial charge in [0.2, 0.25) is 5.91 Å². The Morgan fingerprint density at radius 3 is 2.66 bits per heavy atom. The van der Waals surface area contributed by atoms with Gasteiger partial charge in [-0.15, -0.1) is 10.2 Å². The second-order valence-electron chi connectivity index (χ2n) is 10.6. The molecular weight excluding hydrogens is 398 g/mol. The molecule has 0 bridgehead atoms. The molecule has 3 heterocycles. The monoisotopic (exact) mass is 437 g/mol. The first-order valence-corrected chi connectivity index (χ1v) is 12.4. The fraction of sp³-hybridized carbons (Fsp3) is 0.654. The van der Waals surface area contributed by atoms with E-state index in [0.717, 1.165) is 57.0 Å². The highest BCUT2D eigenvalue weighted by Crippen LogP contribution is 2.28. The topological polar surface area (TPSA) is 63.1 Å². The van der Waals surface area contributed by atoms with Gasteiger partial charge in [-0.25, -0.2) is 0 Å². The molecule has 0 radical (unpaired) electrons. The van der Waals surface area contributed by atoms with E-state index in [4.69, 9.17) is 0 Å². The molecule has 1 fully saturated rings. The second kappa shape index (κ2) is 10.2. The number of benzene rings is 1. The molecule has 6 nitrogen and oxygen atoms in total. The van der Waals surface area contributed by atoms with Crippen molar-refractivity contribution in [3.63, 3.8) is 0 Å². The van der Waals surface area contributed by atoms with Crippen LogP contribution in [0.25, 0.3) is 0 Å². The molecule has 1 unspecified atom stereocenters. The van der Waals surface area contributed by atoms with Crippen molar-refractivity contribution in [2.45, 2.75) is 83.6 Å². The number of hydrogen-bond acceptors (Lipinski definition) is 4. The smallest absolute Gasteiger partial charge is 0.234 e. The molecule has 2 aliphatic rings. The van der Waals surface area contributed by atoms with Gasteiger partial charge in [0, 0.05) is 32.0 Å². The van der Waals surface area contributed by atoms with Crippen molar-refractivity contribution in [3.8, 4) is 0 Å². The van der Waals surface area contributed by atoms with Crippen LogP contribution < -0.4 is 5.32 Å². The highest BCUT2D eigenvalue weighted by atomic mass is 16.2. The largest absolute Gasteiger partial charge is 0.355 e. The lowest BCUT2D eigenvalue weighted by atomic mass is 9.86. The molecule has 2 aromatic rings. The van der Waals surface area contributed by atoms with Gasteiger partial charge in [-0.2, -0.15) is 0 Å². The van der Waals surface area contributed by atoms with Gasteiger partial charge in [0.15, 0.2) is 0 Å². The van der Waals surface area contributed by atoms with Crippen LogP contribution >= 0.6 is 0 Å². The third kappa shape index (κ3) is 5.77. The zero-order chi connectivity index (χ0) is 22.6. The Bertz CT molecular complexity index is 896. The predicted molar refractivity (Wildman–Crippen MR) is 128 cm³/mol. The molecule has 0 spiro atoms. The van der Waals surface area contributed by atoms with E-state index in [1.807, 2.05) is 0 Å². The second-order valence-corrected chi connectivity index (χ2v) is 10.6. The number of aromatic nitrogens is 3. The van der Waals surface area contributed by atoms with Crippen LogP contribution in [0, 0.1) is 0 Å². The maximum absolute atomic E-state index is 12.6. The Balaban J connectivity index is 1.24. The lowest BCUT2D eigenvalue weighted by molar-refractivity contribution is -0.122. The maximum Gasteiger partial charge on any atom is 0.234 e. The first-order chi connectivity index (χ1) is 15.4. The van der Waals surface area contributed by atoms with Crippen molar-refractivity contribution in [2.75, 3.05) is 26.2 Å². The van der Waals surface area contributed by atoms with E-state index < -0.39 is 0 Å². The molecule has 6 heteroatoms. The summed E-state index contributed by atoms with van der Waals surface area (Å²) in [5.74, 6) is 2.81. The first kappa shape index (κ1) is 23.0. The van der Waals surface area contributed by atoms with Crippen LogP contribution in [0.3, 0.4) is 0 Å². The summed E-state index contributed by atoms with van der Waals surface area (Å²) in [5.41, 5.74) is 2.78. The summed E-state index contributed by atoms with van der Waals surface area (Å²) in [7, 11) is 0. The summed E-state index contributed by atoms with van der Waals surface area (Å²) in [5, 5.41) is 12.2. The molecule has 174 valence electrons. The lowest BCUT2D eigenvalue weighted by Gasteiger charge is -2.31. The number of carbonyl (C=O) groups is 1. The molecule has 1 N–H and O–H groups in total. The third-order valence-electron chi connectivity index (χ3n) is 6.93. The van der Waals surface area contributed by atoms with Crippen molar-refractivity contribution in [1.29, 1.82) is 0 Å². The van der Waals surface area contributed by atoms with Crippen molar-refractivity contribution in [1.82, 2.24) is 25.0 Å². The Hall–Kier alpha value is -2.21. The van der Waals surface area contributed by atoms with Crippen LogP contribution in [0.4, 0.5) is 0 Å². The number of aryl methyl sites for hydroxylation is 1. The summed E-state index contributed by atoms with van der Waals surface area (Å²) < 4.78 is 2.37. The number of carbonyl (C=O) groups excluding carboxylic acids is 1. The number of rotatable bonds is 6. The molecule has 0 saturated carbocycles. The predicted octanol–water partition coefficient (Wildman–Crippen LogP) is 3.84. The average molecular weight is 438 g/mol. The molecule has 4 rings (SSSR count). The van der Waals surface area contributed by atoms with Crippen molar-refractivity contribution < 1.29 is 4.79 Å². The van der Waals surface area contributed by atoms with Gasteiger partial charge < -0.3 is 9.88 Å². The fourth-order valence-electron chi connectivity index (χ4n) is 5.00. The van der Waals surface area contributed by atoms with Crippen molar-refractivity contribution in [3.05, 3.63) is 47.0 Å². The van der Waals surface area contributed by atoms with Crippen LogP contribution in [0.1, 0.15) is 81.6 Å². The average Bonchev–Trinajstić information content (AvgIpc) is 3.02. The van der Waals surface area contributed by atoms with Crippen molar-refractivity contribution in [2.24, 2.45) is 0 Å². The molecule has 0 aliphatic carbocycles. The van der Waals surface area contributed by atoms with Gasteiger partial charge >= 0.3 is 0 Å². The van der Waals surface area contributed by atoms with E-state index in [1.54, 1.807) is 0 Å². The van der Waals surface area contributed by atoms with Gasteiger partial charge in [0.05, 0.1) is 6.54 Å². The maximum atomic E-state index is 12.6.